The lowest BCUT2D eigenvalue weighted by Gasteiger charge is -2.12. The number of esters is 1. The Hall–Kier alpha value is -2.87. The van der Waals surface area contributed by atoms with Gasteiger partial charge in [0.15, 0.2) is 0 Å². The molecule has 0 unspecified atom stereocenters. The van der Waals surface area contributed by atoms with E-state index in [0.717, 1.165) is 0 Å². The Kier molecular flexibility index (Phi) is 5.99. The van der Waals surface area contributed by atoms with Crippen LogP contribution in [0.3, 0.4) is 0 Å². The zero-order chi connectivity index (χ0) is 19.3. The zero-order valence-electron chi connectivity index (χ0n) is 14.7. The molecule has 7 nitrogen and oxygen atoms in total. The van der Waals surface area contributed by atoms with Gasteiger partial charge in [-0.1, -0.05) is 19.1 Å². The molecule has 138 valence electrons. The van der Waals surface area contributed by atoms with E-state index in [4.69, 9.17) is 0 Å². The van der Waals surface area contributed by atoms with Crippen LogP contribution >= 0.6 is 0 Å². The highest BCUT2D eigenvalue weighted by Gasteiger charge is 2.20. The van der Waals surface area contributed by atoms with Crippen molar-refractivity contribution in [1.82, 2.24) is 0 Å². The molecule has 2 aromatic carbocycles. The monoisotopic (exact) mass is 376 g/mol. The van der Waals surface area contributed by atoms with Crippen LogP contribution < -0.4 is 10.0 Å². The maximum atomic E-state index is 12.7. The molecule has 0 saturated heterocycles. The van der Waals surface area contributed by atoms with Gasteiger partial charge in [0.2, 0.25) is 5.91 Å². The molecule has 2 rings (SSSR count). The van der Waals surface area contributed by atoms with Gasteiger partial charge in [-0.15, -0.1) is 0 Å². The van der Waals surface area contributed by atoms with Gasteiger partial charge in [-0.2, -0.15) is 0 Å². The molecule has 0 fully saturated rings. The summed E-state index contributed by atoms with van der Waals surface area (Å²) in [5.74, 6) is -0.794. The third-order valence-corrected chi connectivity index (χ3v) is 5.14. The van der Waals surface area contributed by atoms with E-state index in [2.05, 4.69) is 14.8 Å². The average molecular weight is 376 g/mol. The summed E-state index contributed by atoms with van der Waals surface area (Å²) in [6.45, 7) is 3.35. The SMILES string of the molecule is CCC(=O)Nc1cccc(NS(=O)(=O)c2cc(C(=O)OC)ccc2C)c1. The van der Waals surface area contributed by atoms with Gasteiger partial charge in [-0.25, -0.2) is 13.2 Å². The van der Waals surface area contributed by atoms with Gasteiger partial charge < -0.3 is 10.1 Å². The normalized spacial score (nSPS) is 10.9. The van der Waals surface area contributed by atoms with Crippen LogP contribution in [-0.4, -0.2) is 27.4 Å². The maximum Gasteiger partial charge on any atom is 0.337 e. The molecule has 26 heavy (non-hydrogen) atoms. The Morgan fingerprint density at radius 2 is 1.77 bits per heavy atom. The lowest BCUT2D eigenvalue weighted by molar-refractivity contribution is -0.115. The Morgan fingerprint density at radius 1 is 1.08 bits per heavy atom. The molecule has 1 amide bonds. The number of aryl methyl sites for hydroxylation is 1. The predicted molar refractivity (Wildman–Crippen MR) is 98.7 cm³/mol. The Morgan fingerprint density at radius 3 is 2.42 bits per heavy atom. The largest absolute Gasteiger partial charge is 0.465 e. The molecule has 2 aromatic rings. The quantitative estimate of drug-likeness (QED) is 0.755. The number of nitrogens with one attached hydrogen (secondary N) is 2. The smallest absolute Gasteiger partial charge is 0.337 e. The summed E-state index contributed by atoms with van der Waals surface area (Å²) >= 11 is 0. The molecule has 0 atom stereocenters. The van der Waals surface area contributed by atoms with Crippen LogP contribution in [0.5, 0.6) is 0 Å². The van der Waals surface area contributed by atoms with Crippen molar-refractivity contribution in [2.24, 2.45) is 0 Å². The summed E-state index contributed by atoms with van der Waals surface area (Å²) < 4.78 is 32.5. The molecule has 0 heterocycles. The van der Waals surface area contributed by atoms with E-state index in [1.807, 2.05) is 0 Å². The molecule has 0 radical (unpaired) electrons. The van der Waals surface area contributed by atoms with Crippen LogP contribution in [-0.2, 0) is 19.6 Å². The molecule has 0 saturated carbocycles. The molecular weight excluding hydrogens is 356 g/mol. The summed E-state index contributed by atoms with van der Waals surface area (Å²) in [7, 11) is -2.70. The molecule has 0 aromatic heterocycles. The average Bonchev–Trinajstić information content (AvgIpc) is 2.61. The third-order valence-electron chi connectivity index (χ3n) is 3.62. The van der Waals surface area contributed by atoms with Crippen LogP contribution in [0, 0.1) is 6.92 Å². The van der Waals surface area contributed by atoms with Crippen molar-refractivity contribution in [1.29, 1.82) is 0 Å². The predicted octanol–water partition coefficient (Wildman–Crippen LogP) is 2.93. The van der Waals surface area contributed by atoms with E-state index in [0.29, 0.717) is 23.4 Å². The number of rotatable bonds is 6. The van der Waals surface area contributed by atoms with Crippen molar-refractivity contribution in [3.8, 4) is 0 Å². The van der Waals surface area contributed by atoms with E-state index >= 15 is 0 Å². The minimum absolute atomic E-state index is 0.0246. The number of amides is 1. The van der Waals surface area contributed by atoms with E-state index in [1.54, 1.807) is 38.1 Å². The molecule has 0 bridgehead atoms. The topological polar surface area (TPSA) is 102 Å². The van der Waals surface area contributed by atoms with E-state index in [9.17, 15) is 18.0 Å². The van der Waals surface area contributed by atoms with E-state index in [1.165, 1.54) is 25.3 Å². The van der Waals surface area contributed by atoms with Gasteiger partial charge in [0.05, 0.1) is 23.3 Å². The van der Waals surface area contributed by atoms with Gasteiger partial charge in [0.1, 0.15) is 0 Å². The minimum atomic E-state index is -3.93. The van der Waals surface area contributed by atoms with Crippen LogP contribution in [0.1, 0.15) is 29.3 Å². The second kappa shape index (κ2) is 8.01. The van der Waals surface area contributed by atoms with Gasteiger partial charge in [-0.3, -0.25) is 9.52 Å². The number of hydrogen-bond donors (Lipinski definition) is 2. The van der Waals surface area contributed by atoms with Crippen molar-refractivity contribution in [3.63, 3.8) is 0 Å². The van der Waals surface area contributed by atoms with Gasteiger partial charge in [-0.05, 0) is 42.8 Å². The highest BCUT2D eigenvalue weighted by Crippen LogP contribution is 2.23. The van der Waals surface area contributed by atoms with E-state index < -0.39 is 16.0 Å². The van der Waals surface area contributed by atoms with Crippen LogP contribution in [0.2, 0.25) is 0 Å². The number of benzene rings is 2. The molecule has 0 aliphatic rings. The first-order valence-corrected chi connectivity index (χ1v) is 9.37. The first-order valence-electron chi connectivity index (χ1n) is 7.88. The summed E-state index contributed by atoms with van der Waals surface area (Å²) in [5.41, 5.74) is 1.40. The third kappa shape index (κ3) is 4.60. The lowest BCUT2D eigenvalue weighted by Crippen LogP contribution is -2.16. The van der Waals surface area contributed by atoms with Crippen molar-refractivity contribution in [2.75, 3.05) is 17.1 Å². The van der Waals surface area contributed by atoms with Crippen LogP contribution in [0.25, 0.3) is 0 Å². The fourth-order valence-corrected chi connectivity index (χ4v) is 3.58. The maximum absolute atomic E-state index is 12.7. The Balaban J connectivity index is 2.33. The van der Waals surface area contributed by atoms with Crippen molar-refractivity contribution < 1.29 is 22.7 Å². The summed E-state index contributed by atoms with van der Waals surface area (Å²) in [6, 6.07) is 10.7. The van der Waals surface area contributed by atoms with E-state index in [-0.39, 0.29) is 16.4 Å². The highest BCUT2D eigenvalue weighted by atomic mass is 32.2. The van der Waals surface area contributed by atoms with Crippen molar-refractivity contribution in [2.45, 2.75) is 25.2 Å². The first-order chi connectivity index (χ1) is 12.3. The summed E-state index contributed by atoms with van der Waals surface area (Å²) in [4.78, 5) is 23.1. The fourth-order valence-electron chi connectivity index (χ4n) is 2.25. The fraction of sp³-hybridized carbons (Fsp3) is 0.222. The molecule has 8 heteroatoms. The summed E-state index contributed by atoms with van der Waals surface area (Å²) in [5, 5.41) is 2.67. The Bertz CT molecular complexity index is 938. The molecule has 0 spiro atoms. The van der Waals surface area contributed by atoms with Crippen LogP contribution in [0.4, 0.5) is 11.4 Å². The number of sulfonamides is 1. The molecule has 2 N–H and O–H groups in total. The molecule has 0 aliphatic heterocycles. The first kappa shape index (κ1) is 19.5. The van der Waals surface area contributed by atoms with Crippen LogP contribution in [0.15, 0.2) is 47.4 Å². The van der Waals surface area contributed by atoms with Crippen molar-refractivity contribution in [3.05, 3.63) is 53.6 Å². The van der Waals surface area contributed by atoms with Gasteiger partial charge >= 0.3 is 5.97 Å². The van der Waals surface area contributed by atoms with Gasteiger partial charge in [0, 0.05) is 12.1 Å². The number of carbonyl (C=O) groups excluding carboxylic acids is 2. The standard InChI is InChI=1S/C18H20N2O5S/c1-4-17(21)19-14-6-5-7-15(11-14)20-26(23,24)16-10-13(18(22)25-3)9-8-12(16)2/h5-11,20H,4H2,1-3H3,(H,19,21). The zero-order valence-corrected chi connectivity index (χ0v) is 15.5. The summed E-state index contributed by atoms with van der Waals surface area (Å²) in [6.07, 6.45) is 0.315. The number of methoxy groups -OCH3 is 1. The number of anilines is 2. The van der Waals surface area contributed by atoms with Crippen molar-refractivity contribution >= 4 is 33.3 Å². The minimum Gasteiger partial charge on any atom is -0.465 e. The Labute approximate surface area is 152 Å². The lowest BCUT2D eigenvalue weighted by atomic mass is 10.1. The second-order valence-electron chi connectivity index (χ2n) is 5.56. The molecule has 0 aliphatic carbocycles. The highest BCUT2D eigenvalue weighted by molar-refractivity contribution is 7.92. The molecular formula is C18H20N2O5S. The number of ether oxygens (including phenoxy) is 1. The van der Waals surface area contributed by atoms with Gasteiger partial charge in [0.25, 0.3) is 10.0 Å². The second-order valence-corrected chi connectivity index (χ2v) is 7.21. The number of hydrogen-bond acceptors (Lipinski definition) is 5. The number of carbonyl (C=O) groups is 2.